The first-order valence-corrected chi connectivity index (χ1v) is 13.4. The molecule has 0 saturated heterocycles. The maximum absolute atomic E-state index is 16.7. The van der Waals surface area contributed by atoms with Crippen molar-refractivity contribution in [2.75, 3.05) is 0 Å². The largest absolute Gasteiger partial charge is 0.444 e. The molecule has 2 aromatic carbocycles. The number of alkyl halides is 1. The fourth-order valence-corrected chi connectivity index (χ4v) is 7.36. The molecule has 0 radical (unpaired) electrons. The highest BCUT2D eigenvalue weighted by atomic mass is 32.3. The number of benzene rings is 2. The zero-order valence-corrected chi connectivity index (χ0v) is 20.9. The van der Waals surface area contributed by atoms with E-state index in [1.807, 2.05) is 0 Å². The zero-order chi connectivity index (χ0) is 25.1. The Hall–Kier alpha value is -2.46. The molecule has 33 heavy (non-hydrogen) atoms. The van der Waals surface area contributed by atoms with Crippen LogP contribution in [0.2, 0.25) is 0 Å². The zero-order valence-electron chi connectivity index (χ0n) is 19.3. The molecule has 1 atom stereocenters. The molecule has 2 rings (SSSR count). The van der Waals surface area contributed by atoms with Gasteiger partial charge in [-0.05, 0) is 51.0 Å². The Morgan fingerprint density at radius 1 is 0.879 bits per heavy atom. The Morgan fingerprint density at radius 3 is 1.61 bits per heavy atom. The van der Waals surface area contributed by atoms with Crippen molar-refractivity contribution < 1.29 is 30.8 Å². The first-order chi connectivity index (χ1) is 15.1. The highest BCUT2D eigenvalue weighted by Gasteiger charge is 2.58. The molecule has 1 amide bonds. The number of halogens is 1. The number of rotatable bonds is 8. The number of amides is 1. The molecule has 0 spiro atoms. The number of alkyl carbamates (subject to hydrolysis) is 1. The summed E-state index contributed by atoms with van der Waals surface area (Å²) in [6.45, 7) is 8.14. The molecule has 0 saturated carbocycles. The van der Waals surface area contributed by atoms with Gasteiger partial charge in [-0.15, -0.1) is 0 Å². The van der Waals surface area contributed by atoms with Crippen LogP contribution in [-0.4, -0.2) is 38.9 Å². The summed E-state index contributed by atoms with van der Waals surface area (Å²) in [6, 6.07) is 11.9. The molecule has 0 aliphatic rings. The van der Waals surface area contributed by atoms with Gasteiger partial charge in [0.2, 0.25) is 19.7 Å². The van der Waals surface area contributed by atoms with E-state index in [2.05, 4.69) is 5.32 Å². The van der Waals surface area contributed by atoms with Crippen LogP contribution < -0.4 is 5.32 Å². The van der Waals surface area contributed by atoms with Crippen molar-refractivity contribution in [3.8, 4) is 0 Å². The molecule has 0 heterocycles. The summed E-state index contributed by atoms with van der Waals surface area (Å²) in [5, 5.41) is 2.45. The lowest BCUT2D eigenvalue weighted by Crippen LogP contribution is -2.51. The summed E-state index contributed by atoms with van der Waals surface area (Å²) in [6.07, 6.45) is -1.93. The quantitative estimate of drug-likeness (QED) is 0.573. The van der Waals surface area contributed by atoms with Gasteiger partial charge in [-0.1, -0.05) is 50.2 Å². The van der Waals surface area contributed by atoms with Gasteiger partial charge in [0.05, 0.1) is 9.79 Å². The number of carbonyl (C=O) groups is 1. The van der Waals surface area contributed by atoms with Crippen LogP contribution in [0.4, 0.5) is 9.18 Å². The van der Waals surface area contributed by atoms with Gasteiger partial charge in [0.25, 0.3) is 0 Å². The molecular formula is C23H30FNO6S2. The molecule has 0 aromatic heterocycles. The van der Waals surface area contributed by atoms with Crippen LogP contribution in [0, 0.1) is 5.92 Å². The molecule has 0 fully saturated rings. The van der Waals surface area contributed by atoms with Gasteiger partial charge in [-0.3, -0.25) is 0 Å². The molecular weight excluding hydrogens is 469 g/mol. The second-order valence-electron chi connectivity index (χ2n) is 8.99. The van der Waals surface area contributed by atoms with Gasteiger partial charge in [0.15, 0.2) is 0 Å². The monoisotopic (exact) mass is 499 g/mol. The standard InChI is InChI=1S/C23H30FNO6S2/c1-17(2)20(25-21(26)31-22(3,4)5)16-23(24,32(27,28)18-12-8-6-9-13-18)33(29,30)19-14-10-7-11-15-19/h6-15,17,20H,16H2,1-5H3,(H,25,26)/t20-/m1/s1. The van der Waals surface area contributed by atoms with Crippen molar-refractivity contribution >= 4 is 25.8 Å². The number of hydrogen-bond donors (Lipinski definition) is 1. The Balaban J connectivity index is 2.63. The van der Waals surface area contributed by atoms with E-state index in [4.69, 9.17) is 4.74 Å². The van der Waals surface area contributed by atoms with Crippen LogP contribution in [0.15, 0.2) is 70.5 Å². The lowest BCUT2D eigenvalue weighted by Gasteiger charge is -2.32. The normalized spacial score (nSPS) is 14.0. The van der Waals surface area contributed by atoms with Crippen LogP contribution >= 0.6 is 0 Å². The fourth-order valence-electron chi connectivity index (χ4n) is 3.09. The molecule has 0 aliphatic heterocycles. The Morgan fingerprint density at radius 2 is 1.27 bits per heavy atom. The molecule has 0 bridgehead atoms. The van der Waals surface area contributed by atoms with E-state index >= 15 is 4.39 Å². The number of hydrogen-bond acceptors (Lipinski definition) is 6. The Kier molecular flexibility index (Phi) is 7.96. The van der Waals surface area contributed by atoms with E-state index in [0.29, 0.717) is 0 Å². The fraction of sp³-hybridized carbons (Fsp3) is 0.435. The van der Waals surface area contributed by atoms with Crippen LogP contribution in [0.25, 0.3) is 0 Å². The smallest absolute Gasteiger partial charge is 0.407 e. The van der Waals surface area contributed by atoms with E-state index in [-0.39, 0.29) is 0 Å². The van der Waals surface area contributed by atoms with Crippen molar-refractivity contribution in [2.24, 2.45) is 5.92 Å². The van der Waals surface area contributed by atoms with Gasteiger partial charge in [0.1, 0.15) is 5.60 Å². The predicted molar refractivity (Wildman–Crippen MR) is 124 cm³/mol. The third-order valence-corrected chi connectivity index (χ3v) is 9.92. The van der Waals surface area contributed by atoms with Crippen LogP contribution in [0.5, 0.6) is 0 Å². The Labute approximate surface area is 195 Å². The topological polar surface area (TPSA) is 107 Å². The molecule has 182 valence electrons. The highest BCUT2D eigenvalue weighted by molar-refractivity contribution is 8.10. The average molecular weight is 500 g/mol. The second kappa shape index (κ2) is 9.80. The summed E-state index contributed by atoms with van der Waals surface area (Å²) in [5.41, 5.74) is -0.857. The van der Waals surface area contributed by atoms with Gasteiger partial charge in [0, 0.05) is 12.5 Å². The third kappa shape index (κ3) is 5.92. The minimum Gasteiger partial charge on any atom is -0.444 e. The van der Waals surface area contributed by atoms with Crippen molar-refractivity contribution in [1.82, 2.24) is 5.32 Å². The summed E-state index contributed by atoms with van der Waals surface area (Å²) in [5.74, 6) is -0.510. The van der Waals surface area contributed by atoms with Gasteiger partial charge >= 0.3 is 10.4 Å². The van der Waals surface area contributed by atoms with E-state index in [1.165, 1.54) is 36.4 Å². The molecule has 0 aliphatic carbocycles. The SMILES string of the molecule is CC(C)[C@@H](CC(F)(S(=O)(=O)c1ccccc1)S(=O)(=O)c1ccccc1)NC(=O)OC(C)(C)C. The first-order valence-electron chi connectivity index (χ1n) is 10.4. The minimum absolute atomic E-state index is 0.480. The van der Waals surface area contributed by atoms with Crippen molar-refractivity contribution in [2.45, 2.75) is 66.8 Å². The van der Waals surface area contributed by atoms with Crippen LogP contribution in [0.1, 0.15) is 41.0 Å². The second-order valence-corrected chi connectivity index (χ2v) is 13.5. The number of nitrogens with one attached hydrogen (secondary N) is 1. The maximum Gasteiger partial charge on any atom is 0.407 e. The van der Waals surface area contributed by atoms with E-state index in [0.717, 1.165) is 24.3 Å². The third-order valence-electron chi connectivity index (χ3n) is 4.88. The highest BCUT2D eigenvalue weighted by Crippen LogP contribution is 2.41. The molecule has 2 aromatic rings. The number of ether oxygens (including phenoxy) is 1. The molecule has 0 unspecified atom stereocenters. The summed E-state index contributed by atoms with van der Waals surface area (Å²) in [7, 11) is -10.1. The molecule has 7 nitrogen and oxygen atoms in total. The predicted octanol–water partition coefficient (Wildman–Crippen LogP) is 4.50. The van der Waals surface area contributed by atoms with E-state index in [9.17, 15) is 21.6 Å². The van der Waals surface area contributed by atoms with Gasteiger partial charge in [-0.25, -0.2) is 26.0 Å². The van der Waals surface area contributed by atoms with E-state index in [1.54, 1.807) is 34.6 Å². The molecule has 1 N–H and O–H groups in total. The number of sulfone groups is 2. The Bertz CT molecular complexity index is 1090. The summed E-state index contributed by atoms with van der Waals surface area (Å²) >= 11 is 0. The summed E-state index contributed by atoms with van der Waals surface area (Å²) < 4.78 is 72.0. The van der Waals surface area contributed by atoms with Gasteiger partial charge < -0.3 is 10.1 Å². The van der Waals surface area contributed by atoms with Crippen molar-refractivity contribution in [3.05, 3.63) is 60.7 Å². The molecule has 10 heteroatoms. The summed E-state index contributed by atoms with van der Waals surface area (Å²) in [4.78, 5) is 11.4. The lowest BCUT2D eigenvalue weighted by molar-refractivity contribution is 0.0479. The van der Waals surface area contributed by atoms with Crippen molar-refractivity contribution in [3.63, 3.8) is 0 Å². The number of carbonyl (C=O) groups excluding carboxylic acids is 1. The van der Waals surface area contributed by atoms with Crippen LogP contribution in [-0.2, 0) is 24.4 Å². The maximum atomic E-state index is 16.7. The van der Waals surface area contributed by atoms with Crippen LogP contribution in [0.3, 0.4) is 0 Å². The first kappa shape index (κ1) is 26.8. The van der Waals surface area contributed by atoms with Gasteiger partial charge in [-0.2, -0.15) is 0 Å². The lowest BCUT2D eigenvalue weighted by atomic mass is 10.0. The average Bonchev–Trinajstić information content (AvgIpc) is 2.72. The van der Waals surface area contributed by atoms with E-state index < -0.39 is 63.9 Å². The minimum atomic E-state index is -5.05. The van der Waals surface area contributed by atoms with Crippen molar-refractivity contribution in [1.29, 1.82) is 0 Å².